The first-order valence-corrected chi connectivity index (χ1v) is 6.79. The van der Waals surface area contributed by atoms with Gasteiger partial charge in [-0.05, 0) is 19.8 Å². The number of aromatic nitrogens is 2. The number of rotatable bonds is 4. The van der Waals surface area contributed by atoms with Crippen molar-refractivity contribution in [1.82, 2.24) is 14.9 Å². The molecular formula is C9H16N4O2S. The summed E-state index contributed by atoms with van der Waals surface area (Å²) in [7, 11) is -3.47. The average Bonchev–Trinajstić information content (AvgIpc) is 2.54. The van der Waals surface area contributed by atoms with Crippen LogP contribution >= 0.6 is 0 Å². The lowest BCUT2D eigenvalue weighted by molar-refractivity contribution is 0.383. The Morgan fingerprint density at radius 1 is 1.56 bits per heavy atom. The summed E-state index contributed by atoms with van der Waals surface area (Å²) in [5.41, 5.74) is 6.39. The molecule has 0 atom stereocenters. The number of nitrogens with one attached hydrogen (secondary N) is 2. The first-order chi connectivity index (χ1) is 7.54. The van der Waals surface area contributed by atoms with Crippen molar-refractivity contribution in [3.8, 4) is 0 Å². The summed E-state index contributed by atoms with van der Waals surface area (Å²) in [6, 6.07) is 0.0740. The second kappa shape index (κ2) is 4.15. The predicted molar refractivity (Wildman–Crippen MR) is 59.2 cm³/mol. The maximum absolute atomic E-state index is 12.1. The van der Waals surface area contributed by atoms with E-state index in [4.69, 9.17) is 5.73 Å². The van der Waals surface area contributed by atoms with Crippen molar-refractivity contribution in [3.63, 3.8) is 0 Å². The van der Waals surface area contributed by atoms with Crippen molar-refractivity contribution in [2.24, 2.45) is 5.73 Å². The van der Waals surface area contributed by atoms with Gasteiger partial charge in [0.2, 0.25) is 10.0 Å². The molecule has 0 amide bonds. The number of sulfonamides is 1. The summed E-state index contributed by atoms with van der Waals surface area (Å²) in [4.78, 5) is 0.210. The van der Waals surface area contributed by atoms with Crippen molar-refractivity contribution >= 4 is 10.0 Å². The average molecular weight is 244 g/mol. The number of aromatic amines is 1. The molecule has 1 aromatic rings. The Morgan fingerprint density at radius 2 is 2.25 bits per heavy atom. The number of aryl methyl sites for hydroxylation is 1. The van der Waals surface area contributed by atoms with E-state index in [0.29, 0.717) is 11.4 Å². The zero-order chi connectivity index (χ0) is 11.8. The lowest BCUT2D eigenvalue weighted by Gasteiger charge is -2.26. The topological polar surface area (TPSA) is 101 Å². The number of hydrogen-bond acceptors (Lipinski definition) is 4. The molecule has 0 aliphatic heterocycles. The maximum atomic E-state index is 12.1. The molecule has 0 bridgehead atoms. The predicted octanol–water partition coefficient (Wildman–Crippen LogP) is 0.00762. The molecule has 0 aromatic carbocycles. The molecule has 2 rings (SSSR count). The van der Waals surface area contributed by atoms with Gasteiger partial charge in [0, 0.05) is 12.6 Å². The molecule has 1 fully saturated rings. The first-order valence-electron chi connectivity index (χ1n) is 5.31. The molecule has 1 heterocycles. The van der Waals surface area contributed by atoms with Gasteiger partial charge in [-0.15, -0.1) is 0 Å². The van der Waals surface area contributed by atoms with Crippen molar-refractivity contribution in [1.29, 1.82) is 0 Å². The maximum Gasteiger partial charge on any atom is 0.244 e. The van der Waals surface area contributed by atoms with Crippen LogP contribution in [-0.2, 0) is 16.6 Å². The van der Waals surface area contributed by atoms with Crippen molar-refractivity contribution in [2.45, 2.75) is 43.7 Å². The first kappa shape index (κ1) is 11.6. The van der Waals surface area contributed by atoms with E-state index >= 15 is 0 Å². The molecule has 1 saturated carbocycles. The van der Waals surface area contributed by atoms with Gasteiger partial charge in [-0.25, -0.2) is 13.1 Å². The van der Waals surface area contributed by atoms with Gasteiger partial charge in [0.25, 0.3) is 0 Å². The highest BCUT2D eigenvalue weighted by molar-refractivity contribution is 7.89. The normalized spacial score (nSPS) is 17.4. The lowest BCUT2D eigenvalue weighted by atomic mass is 9.94. The van der Waals surface area contributed by atoms with Crippen LogP contribution in [0.5, 0.6) is 0 Å². The largest absolute Gasteiger partial charge is 0.325 e. The van der Waals surface area contributed by atoms with Gasteiger partial charge < -0.3 is 5.73 Å². The molecule has 4 N–H and O–H groups in total. The Balaban J connectivity index is 2.30. The second-order valence-electron chi connectivity index (χ2n) is 4.08. The number of hydrogen-bond donors (Lipinski definition) is 3. The van der Waals surface area contributed by atoms with Crippen LogP contribution in [0.2, 0.25) is 0 Å². The van der Waals surface area contributed by atoms with Gasteiger partial charge in [-0.2, -0.15) is 5.10 Å². The van der Waals surface area contributed by atoms with Crippen molar-refractivity contribution < 1.29 is 8.42 Å². The molecule has 16 heavy (non-hydrogen) atoms. The van der Waals surface area contributed by atoms with Crippen LogP contribution in [0.1, 0.15) is 30.7 Å². The highest BCUT2D eigenvalue weighted by atomic mass is 32.2. The van der Waals surface area contributed by atoms with E-state index in [1.54, 1.807) is 6.92 Å². The summed E-state index contributed by atoms with van der Waals surface area (Å²) in [6.45, 7) is 1.80. The fourth-order valence-electron chi connectivity index (χ4n) is 1.77. The van der Waals surface area contributed by atoms with Gasteiger partial charge in [-0.3, -0.25) is 5.10 Å². The summed E-state index contributed by atoms with van der Waals surface area (Å²) in [5, 5.41) is 6.54. The fourth-order valence-corrected chi connectivity index (χ4v) is 3.45. The van der Waals surface area contributed by atoms with Crippen LogP contribution < -0.4 is 10.5 Å². The van der Waals surface area contributed by atoms with E-state index in [2.05, 4.69) is 14.9 Å². The quantitative estimate of drug-likeness (QED) is 0.694. The molecule has 90 valence electrons. The third-order valence-electron chi connectivity index (χ3n) is 2.85. The van der Waals surface area contributed by atoms with Crippen LogP contribution in [0.3, 0.4) is 0 Å². The summed E-state index contributed by atoms with van der Waals surface area (Å²) in [6.07, 6.45) is 2.91. The Kier molecular flexibility index (Phi) is 3.00. The highest BCUT2D eigenvalue weighted by Crippen LogP contribution is 2.23. The molecule has 0 spiro atoms. The number of nitrogens with two attached hydrogens (primary N) is 1. The lowest BCUT2D eigenvalue weighted by Crippen LogP contribution is -2.39. The van der Waals surface area contributed by atoms with E-state index < -0.39 is 10.0 Å². The van der Waals surface area contributed by atoms with E-state index in [1.807, 2.05) is 0 Å². The third-order valence-corrected chi connectivity index (χ3v) is 4.57. The smallest absolute Gasteiger partial charge is 0.244 e. The molecule has 0 saturated heterocycles. The Hall–Kier alpha value is -0.920. The van der Waals surface area contributed by atoms with Crippen molar-refractivity contribution in [3.05, 3.63) is 11.4 Å². The van der Waals surface area contributed by atoms with Gasteiger partial charge in [0.1, 0.15) is 4.90 Å². The zero-order valence-electron chi connectivity index (χ0n) is 9.16. The molecule has 1 aliphatic carbocycles. The fraction of sp³-hybridized carbons (Fsp3) is 0.667. The summed E-state index contributed by atoms with van der Waals surface area (Å²) < 4.78 is 26.8. The zero-order valence-corrected chi connectivity index (χ0v) is 9.97. The van der Waals surface area contributed by atoms with Gasteiger partial charge in [0.15, 0.2) is 0 Å². The second-order valence-corrected chi connectivity index (χ2v) is 5.73. The van der Waals surface area contributed by atoms with Crippen molar-refractivity contribution in [2.75, 3.05) is 0 Å². The van der Waals surface area contributed by atoms with Crippen LogP contribution in [0, 0.1) is 6.92 Å². The monoisotopic (exact) mass is 244 g/mol. The molecule has 1 aromatic heterocycles. The molecule has 1 aliphatic rings. The number of H-pyrrole nitrogens is 1. The number of nitrogens with zero attached hydrogens (tertiary/aromatic N) is 1. The van der Waals surface area contributed by atoms with Crippen LogP contribution in [0.25, 0.3) is 0 Å². The van der Waals surface area contributed by atoms with Gasteiger partial charge in [0.05, 0.1) is 11.4 Å². The Labute approximate surface area is 94.7 Å². The molecule has 7 heteroatoms. The molecule has 6 nitrogen and oxygen atoms in total. The SMILES string of the molecule is Cc1[nH]nc(CN)c1S(=O)(=O)NC1CCC1. The van der Waals surface area contributed by atoms with Crippen LogP contribution in [0.15, 0.2) is 4.90 Å². The van der Waals surface area contributed by atoms with Gasteiger partial charge in [-0.1, -0.05) is 6.42 Å². The summed E-state index contributed by atoms with van der Waals surface area (Å²) in [5.74, 6) is 0. The van der Waals surface area contributed by atoms with E-state index in [9.17, 15) is 8.42 Å². The standard InChI is InChI=1S/C9H16N4O2S/c1-6-9(8(5-10)12-11-6)16(14,15)13-7-3-2-4-7/h7,13H,2-5,10H2,1H3,(H,11,12). The minimum atomic E-state index is -3.47. The van der Waals surface area contributed by atoms with E-state index in [1.165, 1.54) is 0 Å². The summed E-state index contributed by atoms with van der Waals surface area (Å²) >= 11 is 0. The van der Waals surface area contributed by atoms with E-state index in [0.717, 1.165) is 19.3 Å². The van der Waals surface area contributed by atoms with Crippen LogP contribution in [0.4, 0.5) is 0 Å². The third kappa shape index (κ3) is 1.98. The minimum absolute atomic E-state index is 0.0740. The molecule has 0 unspecified atom stereocenters. The Bertz CT molecular complexity index is 476. The van der Waals surface area contributed by atoms with Gasteiger partial charge >= 0.3 is 0 Å². The molecule has 0 radical (unpaired) electrons. The molecular weight excluding hydrogens is 228 g/mol. The van der Waals surface area contributed by atoms with E-state index in [-0.39, 0.29) is 17.5 Å². The Morgan fingerprint density at radius 3 is 2.75 bits per heavy atom. The highest BCUT2D eigenvalue weighted by Gasteiger charge is 2.28. The van der Waals surface area contributed by atoms with Crippen LogP contribution in [-0.4, -0.2) is 24.7 Å². The minimum Gasteiger partial charge on any atom is -0.325 e.